The van der Waals surface area contributed by atoms with Crippen molar-refractivity contribution in [1.29, 1.82) is 0 Å². The molecule has 2 aliphatic heterocycles. The molecule has 3 rings (SSSR count). The number of imidazole rings is 1. The van der Waals surface area contributed by atoms with Gasteiger partial charge in [-0.3, -0.25) is 4.79 Å². The van der Waals surface area contributed by atoms with E-state index in [2.05, 4.69) is 21.4 Å². The maximum Gasteiger partial charge on any atom is 0.225 e. The first-order chi connectivity index (χ1) is 10.2. The van der Waals surface area contributed by atoms with Gasteiger partial charge in [-0.2, -0.15) is 0 Å². The molecule has 5 heteroatoms. The lowest BCUT2D eigenvalue weighted by Gasteiger charge is -2.37. The molecule has 0 radical (unpaired) electrons. The van der Waals surface area contributed by atoms with Gasteiger partial charge in [0, 0.05) is 44.1 Å². The van der Waals surface area contributed by atoms with E-state index < -0.39 is 0 Å². The molecule has 21 heavy (non-hydrogen) atoms. The third-order valence-electron chi connectivity index (χ3n) is 4.81. The van der Waals surface area contributed by atoms with Crippen molar-refractivity contribution < 1.29 is 9.53 Å². The average molecular weight is 291 g/mol. The predicted molar refractivity (Wildman–Crippen MR) is 80.1 cm³/mol. The summed E-state index contributed by atoms with van der Waals surface area (Å²) in [7, 11) is 0. The number of likely N-dealkylation sites (tertiary alicyclic amines) is 1. The van der Waals surface area contributed by atoms with Crippen molar-refractivity contribution in [3.63, 3.8) is 0 Å². The molecule has 2 saturated heterocycles. The second-order valence-corrected chi connectivity index (χ2v) is 6.28. The van der Waals surface area contributed by atoms with Gasteiger partial charge in [0.25, 0.3) is 0 Å². The van der Waals surface area contributed by atoms with Crippen LogP contribution in [0.4, 0.5) is 0 Å². The Morgan fingerprint density at radius 3 is 2.71 bits per heavy atom. The Morgan fingerprint density at radius 2 is 2.05 bits per heavy atom. The van der Waals surface area contributed by atoms with Crippen molar-refractivity contribution in [2.24, 2.45) is 5.92 Å². The van der Waals surface area contributed by atoms with E-state index in [1.165, 1.54) is 5.69 Å². The van der Waals surface area contributed by atoms with Crippen LogP contribution < -0.4 is 0 Å². The Hall–Kier alpha value is -1.36. The van der Waals surface area contributed by atoms with Gasteiger partial charge in [0.2, 0.25) is 5.91 Å². The quantitative estimate of drug-likeness (QED) is 0.838. The fourth-order valence-corrected chi connectivity index (χ4v) is 3.69. The summed E-state index contributed by atoms with van der Waals surface area (Å²) in [6.07, 6.45) is 5.90. The molecule has 116 valence electrons. The van der Waals surface area contributed by atoms with Gasteiger partial charge in [-0.25, -0.2) is 4.98 Å². The number of aromatic nitrogens is 2. The zero-order valence-corrected chi connectivity index (χ0v) is 13.0. The Bertz CT molecular complexity index is 486. The van der Waals surface area contributed by atoms with Crippen molar-refractivity contribution >= 4 is 5.91 Å². The fraction of sp³-hybridized carbons (Fsp3) is 0.750. The molecule has 2 aliphatic rings. The predicted octanol–water partition coefficient (Wildman–Crippen LogP) is 2.09. The van der Waals surface area contributed by atoms with Crippen molar-refractivity contribution in [2.75, 3.05) is 26.3 Å². The van der Waals surface area contributed by atoms with Gasteiger partial charge in [0.1, 0.15) is 5.82 Å². The number of amides is 1. The van der Waals surface area contributed by atoms with E-state index in [4.69, 9.17) is 4.74 Å². The van der Waals surface area contributed by atoms with Gasteiger partial charge in [0.05, 0.1) is 6.04 Å². The summed E-state index contributed by atoms with van der Waals surface area (Å²) in [6, 6.07) is 0.380. The average Bonchev–Trinajstić information content (AvgIpc) is 2.86. The second-order valence-electron chi connectivity index (χ2n) is 6.28. The van der Waals surface area contributed by atoms with Crippen molar-refractivity contribution in [1.82, 2.24) is 14.5 Å². The molecule has 0 saturated carbocycles. The number of nitrogens with zero attached hydrogens (tertiary/aromatic N) is 3. The monoisotopic (exact) mass is 291 g/mol. The third-order valence-corrected chi connectivity index (χ3v) is 4.81. The SMILES string of the molecule is Cc1cnc(C)n1C1CCCN(C(=O)C2CCOCC2)C1. The number of carbonyl (C=O) groups excluding carboxylic acids is 1. The normalized spacial score (nSPS) is 24.3. The first kappa shape index (κ1) is 14.6. The number of hydrogen-bond acceptors (Lipinski definition) is 3. The van der Waals surface area contributed by atoms with Gasteiger partial charge in [0.15, 0.2) is 0 Å². The molecule has 2 fully saturated rings. The Morgan fingerprint density at radius 1 is 1.29 bits per heavy atom. The highest BCUT2D eigenvalue weighted by atomic mass is 16.5. The lowest BCUT2D eigenvalue weighted by Crippen LogP contribution is -2.45. The number of aryl methyl sites for hydroxylation is 2. The topological polar surface area (TPSA) is 47.4 Å². The van der Waals surface area contributed by atoms with E-state index in [0.29, 0.717) is 11.9 Å². The Labute approximate surface area is 126 Å². The summed E-state index contributed by atoms with van der Waals surface area (Å²) in [6.45, 7) is 7.33. The van der Waals surface area contributed by atoms with E-state index in [1.54, 1.807) is 0 Å². The number of hydrogen-bond donors (Lipinski definition) is 0. The van der Waals surface area contributed by atoms with Gasteiger partial charge < -0.3 is 14.2 Å². The Kier molecular flexibility index (Phi) is 4.29. The maximum atomic E-state index is 12.7. The molecule has 1 atom stereocenters. The van der Waals surface area contributed by atoms with Crippen molar-refractivity contribution in [2.45, 2.75) is 45.6 Å². The number of piperidine rings is 1. The molecule has 1 aromatic heterocycles. The minimum Gasteiger partial charge on any atom is -0.381 e. The van der Waals surface area contributed by atoms with E-state index in [0.717, 1.165) is 57.8 Å². The van der Waals surface area contributed by atoms with Crippen LogP contribution in [0.5, 0.6) is 0 Å². The van der Waals surface area contributed by atoms with Crippen molar-refractivity contribution in [3.8, 4) is 0 Å². The summed E-state index contributed by atoms with van der Waals surface area (Å²) in [5, 5.41) is 0. The van der Waals surface area contributed by atoms with Gasteiger partial charge in [-0.05, 0) is 39.5 Å². The third kappa shape index (κ3) is 2.98. The number of carbonyl (C=O) groups is 1. The molecule has 1 aromatic rings. The van der Waals surface area contributed by atoms with E-state index in [1.807, 2.05) is 13.1 Å². The Balaban J connectivity index is 1.69. The van der Waals surface area contributed by atoms with E-state index in [9.17, 15) is 4.79 Å². The summed E-state index contributed by atoms with van der Waals surface area (Å²) < 4.78 is 7.66. The highest BCUT2D eigenvalue weighted by molar-refractivity contribution is 5.79. The van der Waals surface area contributed by atoms with Crippen LogP contribution in [0.3, 0.4) is 0 Å². The van der Waals surface area contributed by atoms with Crippen LogP contribution in [-0.4, -0.2) is 46.7 Å². The van der Waals surface area contributed by atoms with Crippen LogP contribution >= 0.6 is 0 Å². The van der Waals surface area contributed by atoms with Crippen LogP contribution in [0.2, 0.25) is 0 Å². The minimum atomic E-state index is 0.169. The minimum absolute atomic E-state index is 0.169. The molecule has 0 aromatic carbocycles. The van der Waals surface area contributed by atoms with Crippen LogP contribution in [0.1, 0.15) is 43.2 Å². The number of rotatable bonds is 2. The zero-order valence-electron chi connectivity index (χ0n) is 13.0. The van der Waals surface area contributed by atoms with Gasteiger partial charge in [-0.15, -0.1) is 0 Å². The first-order valence-corrected chi connectivity index (χ1v) is 8.04. The highest BCUT2D eigenvalue weighted by Gasteiger charge is 2.31. The summed E-state index contributed by atoms with van der Waals surface area (Å²) >= 11 is 0. The maximum absolute atomic E-state index is 12.7. The summed E-state index contributed by atoms with van der Waals surface area (Å²) in [5.74, 6) is 1.55. The van der Waals surface area contributed by atoms with E-state index >= 15 is 0 Å². The zero-order chi connectivity index (χ0) is 14.8. The molecule has 1 unspecified atom stereocenters. The second kappa shape index (κ2) is 6.18. The van der Waals surface area contributed by atoms with E-state index in [-0.39, 0.29) is 5.92 Å². The molecule has 5 nitrogen and oxygen atoms in total. The first-order valence-electron chi connectivity index (χ1n) is 8.04. The van der Waals surface area contributed by atoms with Gasteiger partial charge >= 0.3 is 0 Å². The fourth-order valence-electron chi connectivity index (χ4n) is 3.69. The molecule has 1 amide bonds. The largest absolute Gasteiger partial charge is 0.381 e. The molecule has 0 N–H and O–H groups in total. The summed E-state index contributed by atoms with van der Waals surface area (Å²) in [5.41, 5.74) is 1.19. The molecule has 3 heterocycles. The van der Waals surface area contributed by atoms with Crippen LogP contribution in [0.25, 0.3) is 0 Å². The molecular formula is C16H25N3O2. The number of ether oxygens (including phenoxy) is 1. The lowest BCUT2D eigenvalue weighted by molar-refractivity contribution is -0.140. The summed E-state index contributed by atoms with van der Waals surface area (Å²) in [4.78, 5) is 19.2. The molecule has 0 bridgehead atoms. The standard InChI is InChI=1S/C16H25N3O2/c1-12-10-17-13(2)19(12)15-4-3-7-18(11-15)16(20)14-5-8-21-9-6-14/h10,14-15H,3-9,11H2,1-2H3. The molecule has 0 aliphatic carbocycles. The van der Waals surface area contributed by atoms with Crippen molar-refractivity contribution in [3.05, 3.63) is 17.7 Å². The van der Waals surface area contributed by atoms with Gasteiger partial charge in [-0.1, -0.05) is 0 Å². The smallest absolute Gasteiger partial charge is 0.225 e. The molecule has 0 spiro atoms. The lowest BCUT2D eigenvalue weighted by atomic mass is 9.96. The van der Waals surface area contributed by atoms with Crippen LogP contribution in [0, 0.1) is 19.8 Å². The molecular weight excluding hydrogens is 266 g/mol. The highest BCUT2D eigenvalue weighted by Crippen LogP contribution is 2.27. The van der Waals surface area contributed by atoms with Crippen LogP contribution in [0.15, 0.2) is 6.20 Å². The van der Waals surface area contributed by atoms with Crippen LogP contribution in [-0.2, 0) is 9.53 Å².